The molecule has 0 saturated heterocycles. The van der Waals surface area contributed by atoms with Gasteiger partial charge in [-0.25, -0.2) is 4.79 Å². The van der Waals surface area contributed by atoms with E-state index in [1.54, 1.807) is 31.5 Å². The minimum Gasteiger partial charge on any atom is -1.00 e. The van der Waals surface area contributed by atoms with Gasteiger partial charge in [0.2, 0.25) is 6.20 Å². The summed E-state index contributed by atoms with van der Waals surface area (Å²) in [6, 6.07) is 7.74. The van der Waals surface area contributed by atoms with Crippen molar-refractivity contribution in [1.82, 2.24) is 4.90 Å². The molecule has 4 nitrogen and oxygen atoms in total. The van der Waals surface area contributed by atoms with Crippen LogP contribution in [-0.2, 0) is 6.54 Å². The predicted molar refractivity (Wildman–Crippen MR) is 69.8 cm³/mol. The molecule has 2 aromatic heterocycles. The first-order valence-corrected chi connectivity index (χ1v) is 6.44. The van der Waals surface area contributed by atoms with Crippen LogP contribution in [0.4, 0.5) is 4.79 Å². The van der Waals surface area contributed by atoms with Crippen molar-refractivity contribution in [2.75, 3.05) is 14.1 Å². The summed E-state index contributed by atoms with van der Waals surface area (Å²) in [5.41, 5.74) is 0. The van der Waals surface area contributed by atoms with Crippen molar-refractivity contribution in [2.45, 2.75) is 6.54 Å². The first-order chi connectivity index (χ1) is 8.65. The average molecular weight is 299 g/mol. The predicted octanol–water partition coefficient (Wildman–Crippen LogP) is -0.852. The Bertz CT molecular complexity index is 529. The van der Waals surface area contributed by atoms with Crippen LogP contribution >= 0.6 is 11.3 Å². The van der Waals surface area contributed by atoms with E-state index < -0.39 is 0 Å². The molecule has 0 aliphatic rings. The number of hydrogen-bond donors (Lipinski definition) is 0. The van der Waals surface area contributed by atoms with Crippen LogP contribution in [0.3, 0.4) is 0 Å². The van der Waals surface area contributed by atoms with Gasteiger partial charge in [-0.1, -0.05) is 6.07 Å². The van der Waals surface area contributed by atoms with Crippen LogP contribution in [0.1, 0.15) is 4.88 Å². The molecule has 19 heavy (non-hydrogen) atoms. The molecule has 0 N–H and O–H groups in total. The van der Waals surface area contributed by atoms with Gasteiger partial charge in [0.05, 0.1) is 4.88 Å². The van der Waals surface area contributed by atoms with E-state index in [4.69, 9.17) is 4.74 Å². The number of aromatic nitrogens is 1. The number of nitrogens with zero attached hydrogens (tertiary/aromatic N) is 2. The molecule has 0 spiro atoms. The Morgan fingerprint density at radius 3 is 2.79 bits per heavy atom. The van der Waals surface area contributed by atoms with E-state index >= 15 is 0 Å². The summed E-state index contributed by atoms with van der Waals surface area (Å²) < 4.78 is 7.20. The Morgan fingerprint density at radius 1 is 1.37 bits per heavy atom. The van der Waals surface area contributed by atoms with Crippen molar-refractivity contribution in [2.24, 2.45) is 0 Å². The normalized spacial score (nSPS) is 9.58. The molecule has 0 radical (unpaired) electrons. The number of rotatable bonds is 3. The number of carbonyl (C=O) groups is 1. The van der Waals surface area contributed by atoms with E-state index in [0.717, 1.165) is 6.54 Å². The molecule has 102 valence electrons. The molecule has 0 aliphatic carbocycles. The Hall–Kier alpha value is -1.59. The summed E-state index contributed by atoms with van der Waals surface area (Å²) >= 11 is 1.71. The molecule has 1 amide bonds. The van der Waals surface area contributed by atoms with Crippen LogP contribution in [0.2, 0.25) is 0 Å². The largest absolute Gasteiger partial charge is 1.00 e. The molecule has 2 heterocycles. The summed E-state index contributed by atoms with van der Waals surface area (Å²) in [5.74, 6) is 0.549. The smallest absolute Gasteiger partial charge is 0.414 e. The zero-order chi connectivity index (χ0) is 13.0. The van der Waals surface area contributed by atoms with Crippen LogP contribution in [0.25, 0.3) is 0 Å². The van der Waals surface area contributed by atoms with Gasteiger partial charge in [-0.15, -0.1) is 11.3 Å². The van der Waals surface area contributed by atoms with Crippen molar-refractivity contribution in [3.05, 3.63) is 46.9 Å². The number of ether oxygens (including phenoxy) is 1. The number of halogens is 1. The lowest BCUT2D eigenvalue weighted by Crippen LogP contribution is -3.00. The molecule has 0 fully saturated rings. The second-order valence-corrected chi connectivity index (χ2v) is 5.09. The second-order valence-electron chi connectivity index (χ2n) is 4.05. The fourth-order valence-electron chi connectivity index (χ4n) is 1.43. The van der Waals surface area contributed by atoms with Gasteiger partial charge in [0.1, 0.15) is 0 Å². The Kier molecular flexibility index (Phi) is 5.79. The minimum atomic E-state index is -0.371. The zero-order valence-corrected chi connectivity index (χ0v) is 12.3. The van der Waals surface area contributed by atoms with Crippen molar-refractivity contribution in [3.8, 4) is 5.75 Å². The van der Waals surface area contributed by atoms with Crippen molar-refractivity contribution in [1.29, 1.82) is 0 Å². The third-order valence-corrected chi connectivity index (χ3v) is 3.18. The first-order valence-electron chi connectivity index (χ1n) is 5.56. The van der Waals surface area contributed by atoms with Gasteiger partial charge >= 0.3 is 6.09 Å². The van der Waals surface area contributed by atoms with Gasteiger partial charge in [-0.2, -0.15) is 4.57 Å². The van der Waals surface area contributed by atoms with Crippen LogP contribution in [0, 0.1) is 0 Å². The molecule has 6 heteroatoms. The van der Waals surface area contributed by atoms with Gasteiger partial charge in [0.25, 0.3) is 0 Å². The lowest BCUT2D eigenvalue weighted by atomic mass is 10.4. The van der Waals surface area contributed by atoms with Gasteiger partial charge in [0.15, 0.2) is 18.5 Å². The van der Waals surface area contributed by atoms with E-state index in [9.17, 15) is 4.79 Å². The number of thiophene rings is 1. The Balaban J connectivity index is 0.00000180. The van der Waals surface area contributed by atoms with Crippen LogP contribution in [-0.4, -0.2) is 25.1 Å². The SMILES string of the molecule is CN(C)C(=O)Oc1ccc[n+](Cc2cccs2)c1.[Cl-]. The van der Waals surface area contributed by atoms with Gasteiger partial charge in [-0.05, 0) is 17.5 Å². The summed E-state index contributed by atoms with van der Waals surface area (Å²) in [6.07, 6.45) is 3.40. The molecular weight excluding hydrogens is 284 g/mol. The average Bonchev–Trinajstić information content (AvgIpc) is 2.82. The topological polar surface area (TPSA) is 33.4 Å². The highest BCUT2D eigenvalue weighted by atomic mass is 35.5. The number of amides is 1. The maximum Gasteiger partial charge on any atom is 0.414 e. The Morgan fingerprint density at radius 2 is 2.16 bits per heavy atom. The number of carbonyl (C=O) groups excluding carboxylic acids is 1. The molecule has 0 aromatic carbocycles. The fraction of sp³-hybridized carbons (Fsp3) is 0.231. The second kappa shape index (κ2) is 7.11. The fourth-order valence-corrected chi connectivity index (χ4v) is 2.14. The molecule has 0 aliphatic heterocycles. The van der Waals surface area contributed by atoms with E-state index in [2.05, 4.69) is 6.07 Å². The highest BCUT2D eigenvalue weighted by Crippen LogP contribution is 2.10. The molecular formula is C13H15ClN2O2S. The molecule has 0 atom stereocenters. The van der Waals surface area contributed by atoms with Crippen molar-refractivity contribution in [3.63, 3.8) is 0 Å². The molecule has 0 bridgehead atoms. The quantitative estimate of drug-likeness (QED) is 0.692. The van der Waals surface area contributed by atoms with Crippen molar-refractivity contribution >= 4 is 17.4 Å². The third-order valence-electron chi connectivity index (χ3n) is 2.32. The van der Waals surface area contributed by atoms with Crippen LogP contribution in [0.15, 0.2) is 42.0 Å². The van der Waals surface area contributed by atoms with E-state index in [-0.39, 0.29) is 18.5 Å². The monoisotopic (exact) mass is 298 g/mol. The molecule has 2 aromatic rings. The standard InChI is InChI=1S/C13H15N2O2S.ClH/c1-14(2)13(16)17-11-5-3-7-15(9-11)10-12-6-4-8-18-12;/h3-9H,10H2,1-2H3;1H/q+1;/p-1. The molecule has 0 saturated carbocycles. The minimum absolute atomic E-state index is 0. The zero-order valence-electron chi connectivity index (χ0n) is 10.7. The Labute approximate surface area is 122 Å². The third kappa shape index (κ3) is 4.54. The van der Waals surface area contributed by atoms with Gasteiger partial charge in [0, 0.05) is 20.2 Å². The van der Waals surface area contributed by atoms with E-state index in [0.29, 0.717) is 5.75 Å². The van der Waals surface area contributed by atoms with Crippen LogP contribution in [0.5, 0.6) is 5.75 Å². The molecule has 2 rings (SSSR count). The highest BCUT2D eigenvalue weighted by Gasteiger charge is 2.10. The summed E-state index contributed by atoms with van der Waals surface area (Å²) in [7, 11) is 3.32. The first kappa shape index (κ1) is 15.5. The van der Waals surface area contributed by atoms with E-state index in [1.807, 2.05) is 34.5 Å². The lowest BCUT2D eigenvalue weighted by molar-refractivity contribution is -0.688. The summed E-state index contributed by atoms with van der Waals surface area (Å²) in [5, 5.41) is 2.05. The lowest BCUT2D eigenvalue weighted by Gasteiger charge is -2.09. The van der Waals surface area contributed by atoms with E-state index in [1.165, 1.54) is 9.78 Å². The van der Waals surface area contributed by atoms with Crippen molar-refractivity contribution < 1.29 is 26.5 Å². The summed E-state index contributed by atoms with van der Waals surface area (Å²) in [6.45, 7) is 0.783. The summed E-state index contributed by atoms with van der Waals surface area (Å²) in [4.78, 5) is 14.1. The number of hydrogen-bond acceptors (Lipinski definition) is 3. The molecule has 0 unspecified atom stereocenters. The van der Waals surface area contributed by atoms with Crippen LogP contribution < -0.4 is 21.7 Å². The highest BCUT2D eigenvalue weighted by molar-refractivity contribution is 7.09. The maximum atomic E-state index is 11.4. The maximum absolute atomic E-state index is 11.4. The number of pyridine rings is 1. The van der Waals surface area contributed by atoms with Gasteiger partial charge in [-0.3, -0.25) is 0 Å². The van der Waals surface area contributed by atoms with Gasteiger partial charge < -0.3 is 22.0 Å².